The maximum Gasteiger partial charge on any atom is 0.0446 e. The van der Waals surface area contributed by atoms with Gasteiger partial charge in [0.25, 0.3) is 0 Å². The fraction of sp³-hybridized carbons (Fsp3) is 0.500. The van der Waals surface area contributed by atoms with Gasteiger partial charge in [0.2, 0.25) is 0 Å². The van der Waals surface area contributed by atoms with Gasteiger partial charge in [-0.1, -0.05) is 13.0 Å². The van der Waals surface area contributed by atoms with Gasteiger partial charge in [-0.15, -0.1) is 0 Å². The third-order valence-electron chi connectivity index (χ3n) is 2.59. The Morgan fingerprint density at radius 3 is 3.17 bits per heavy atom. The molecular formula is C10H13NS. The number of hydrogen-bond acceptors (Lipinski definition) is 2. The Hall–Kier alpha value is -0.500. The molecule has 1 aliphatic carbocycles. The molecule has 2 atom stereocenters. The summed E-state index contributed by atoms with van der Waals surface area (Å²) in [4.78, 5) is 4.36. The summed E-state index contributed by atoms with van der Waals surface area (Å²) in [6.07, 6.45) is 4.03. The highest BCUT2D eigenvalue weighted by atomic mass is 32.1. The Labute approximate surface area is 78.6 Å². The topological polar surface area (TPSA) is 12.9 Å². The standard InChI is InChI=1S/C10H13NS/c1-7-5-8-3-2-4-11-9(8)6-10(7)12/h2-4,7,10,12H,5-6H2,1H3. The van der Waals surface area contributed by atoms with Gasteiger partial charge in [-0.05, 0) is 24.0 Å². The van der Waals surface area contributed by atoms with Crippen LogP contribution >= 0.6 is 12.6 Å². The fourth-order valence-corrected chi connectivity index (χ4v) is 2.00. The average molecular weight is 179 g/mol. The van der Waals surface area contributed by atoms with Crippen LogP contribution in [-0.2, 0) is 12.8 Å². The van der Waals surface area contributed by atoms with Crippen molar-refractivity contribution >= 4 is 12.6 Å². The molecule has 0 saturated heterocycles. The van der Waals surface area contributed by atoms with Gasteiger partial charge in [0.15, 0.2) is 0 Å². The van der Waals surface area contributed by atoms with Crippen molar-refractivity contribution in [2.24, 2.45) is 5.92 Å². The van der Waals surface area contributed by atoms with Crippen molar-refractivity contribution in [1.29, 1.82) is 0 Å². The number of hydrogen-bond donors (Lipinski definition) is 1. The maximum atomic E-state index is 4.54. The van der Waals surface area contributed by atoms with Crippen LogP contribution in [0.25, 0.3) is 0 Å². The van der Waals surface area contributed by atoms with Gasteiger partial charge in [-0.25, -0.2) is 0 Å². The number of nitrogens with zero attached hydrogens (tertiary/aromatic N) is 1. The second kappa shape index (κ2) is 3.09. The summed E-state index contributed by atoms with van der Waals surface area (Å²) in [5.41, 5.74) is 2.66. The lowest BCUT2D eigenvalue weighted by atomic mass is 9.87. The summed E-state index contributed by atoms with van der Waals surface area (Å²) >= 11 is 4.54. The van der Waals surface area contributed by atoms with Gasteiger partial charge in [0.05, 0.1) is 0 Å². The van der Waals surface area contributed by atoms with E-state index in [0.29, 0.717) is 11.2 Å². The third kappa shape index (κ3) is 1.36. The third-order valence-corrected chi connectivity index (χ3v) is 3.28. The summed E-state index contributed by atoms with van der Waals surface area (Å²) in [5, 5.41) is 0.493. The number of fused-ring (bicyclic) bond motifs is 1. The molecule has 1 aliphatic rings. The van der Waals surface area contributed by atoms with Crippen LogP contribution in [0.5, 0.6) is 0 Å². The second-order valence-corrected chi connectivity index (χ2v) is 4.23. The van der Waals surface area contributed by atoms with Crippen LogP contribution in [-0.4, -0.2) is 10.2 Å². The molecule has 0 fully saturated rings. The van der Waals surface area contributed by atoms with Gasteiger partial charge < -0.3 is 0 Å². The summed E-state index contributed by atoms with van der Waals surface area (Å²) in [6, 6.07) is 4.20. The first kappa shape index (κ1) is 8.11. The van der Waals surface area contributed by atoms with E-state index in [1.165, 1.54) is 11.3 Å². The van der Waals surface area contributed by atoms with Crippen LogP contribution in [0.15, 0.2) is 18.3 Å². The van der Waals surface area contributed by atoms with Crippen LogP contribution in [0.2, 0.25) is 0 Å². The van der Waals surface area contributed by atoms with Gasteiger partial charge >= 0.3 is 0 Å². The van der Waals surface area contributed by atoms with Crippen LogP contribution < -0.4 is 0 Å². The molecule has 2 rings (SSSR count). The van der Waals surface area contributed by atoms with Crippen LogP contribution in [0.3, 0.4) is 0 Å². The molecule has 0 saturated carbocycles. The lowest BCUT2D eigenvalue weighted by Gasteiger charge is -2.25. The van der Waals surface area contributed by atoms with E-state index in [2.05, 4.69) is 30.6 Å². The average Bonchev–Trinajstić information content (AvgIpc) is 2.07. The van der Waals surface area contributed by atoms with Crippen molar-refractivity contribution in [2.75, 3.05) is 0 Å². The molecular weight excluding hydrogens is 166 g/mol. The van der Waals surface area contributed by atoms with E-state index >= 15 is 0 Å². The van der Waals surface area contributed by atoms with E-state index in [0.717, 1.165) is 12.8 Å². The van der Waals surface area contributed by atoms with Gasteiger partial charge in [0.1, 0.15) is 0 Å². The zero-order valence-corrected chi connectivity index (χ0v) is 8.09. The zero-order chi connectivity index (χ0) is 8.55. The lowest BCUT2D eigenvalue weighted by Crippen LogP contribution is -2.24. The highest BCUT2D eigenvalue weighted by molar-refractivity contribution is 7.81. The maximum absolute atomic E-state index is 4.54. The molecule has 0 N–H and O–H groups in total. The molecule has 1 aromatic rings. The SMILES string of the molecule is CC1Cc2cccnc2CC1S. The fourth-order valence-electron chi connectivity index (χ4n) is 1.72. The highest BCUT2D eigenvalue weighted by Gasteiger charge is 2.22. The van der Waals surface area contributed by atoms with Gasteiger partial charge in [0, 0.05) is 23.6 Å². The van der Waals surface area contributed by atoms with Crippen LogP contribution in [0.1, 0.15) is 18.2 Å². The molecule has 0 aliphatic heterocycles. The van der Waals surface area contributed by atoms with Crippen molar-refractivity contribution in [3.05, 3.63) is 29.6 Å². The Morgan fingerprint density at radius 1 is 1.50 bits per heavy atom. The molecule has 0 aromatic carbocycles. The summed E-state index contributed by atoms with van der Waals surface area (Å²) < 4.78 is 0. The monoisotopic (exact) mass is 179 g/mol. The smallest absolute Gasteiger partial charge is 0.0446 e. The summed E-state index contributed by atoms with van der Waals surface area (Å²) in [6.45, 7) is 2.26. The first-order chi connectivity index (χ1) is 5.77. The number of aromatic nitrogens is 1. The second-order valence-electron chi connectivity index (χ2n) is 3.56. The summed E-state index contributed by atoms with van der Waals surface area (Å²) in [7, 11) is 0. The number of thiol groups is 1. The molecule has 0 spiro atoms. The molecule has 64 valence electrons. The largest absolute Gasteiger partial charge is 0.261 e. The molecule has 2 unspecified atom stereocenters. The van der Waals surface area contributed by atoms with E-state index in [-0.39, 0.29) is 0 Å². The predicted molar refractivity (Wildman–Crippen MR) is 53.6 cm³/mol. The minimum Gasteiger partial charge on any atom is -0.261 e. The summed E-state index contributed by atoms with van der Waals surface area (Å²) in [5.74, 6) is 0.685. The van der Waals surface area contributed by atoms with Crippen molar-refractivity contribution in [3.8, 4) is 0 Å². The molecule has 1 aromatic heterocycles. The molecule has 12 heavy (non-hydrogen) atoms. The van der Waals surface area contributed by atoms with E-state index < -0.39 is 0 Å². The number of pyridine rings is 1. The molecule has 0 amide bonds. The van der Waals surface area contributed by atoms with Crippen molar-refractivity contribution in [1.82, 2.24) is 4.98 Å². The van der Waals surface area contributed by atoms with Crippen molar-refractivity contribution in [2.45, 2.75) is 25.0 Å². The van der Waals surface area contributed by atoms with Crippen LogP contribution in [0, 0.1) is 5.92 Å². The first-order valence-electron chi connectivity index (χ1n) is 4.38. The highest BCUT2D eigenvalue weighted by Crippen LogP contribution is 2.26. The van der Waals surface area contributed by atoms with E-state index in [9.17, 15) is 0 Å². The Morgan fingerprint density at radius 2 is 2.33 bits per heavy atom. The van der Waals surface area contributed by atoms with E-state index in [4.69, 9.17) is 0 Å². The molecule has 1 heterocycles. The minimum absolute atomic E-state index is 0.493. The van der Waals surface area contributed by atoms with Crippen molar-refractivity contribution < 1.29 is 0 Å². The van der Waals surface area contributed by atoms with Gasteiger partial charge in [-0.2, -0.15) is 12.6 Å². The molecule has 0 bridgehead atoms. The Bertz CT molecular complexity index is 256. The zero-order valence-electron chi connectivity index (χ0n) is 7.20. The predicted octanol–water partition coefficient (Wildman–Crippen LogP) is 2.11. The normalized spacial score (nSPS) is 28.2. The Kier molecular flexibility index (Phi) is 2.09. The first-order valence-corrected chi connectivity index (χ1v) is 4.90. The van der Waals surface area contributed by atoms with Crippen LogP contribution in [0.4, 0.5) is 0 Å². The molecule has 2 heteroatoms. The quantitative estimate of drug-likeness (QED) is 0.602. The lowest BCUT2D eigenvalue weighted by molar-refractivity contribution is 0.511. The van der Waals surface area contributed by atoms with E-state index in [1.54, 1.807) is 0 Å². The molecule has 1 nitrogen and oxygen atoms in total. The number of rotatable bonds is 0. The van der Waals surface area contributed by atoms with Gasteiger partial charge in [-0.3, -0.25) is 4.98 Å². The Balaban J connectivity index is 2.34. The van der Waals surface area contributed by atoms with Crippen molar-refractivity contribution in [3.63, 3.8) is 0 Å². The minimum atomic E-state index is 0.493. The molecule has 0 radical (unpaired) electrons. The van der Waals surface area contributed by atoms with E-state index in [1.807, 2.05) is 12.3 Å².